The van der Waals surface area contributed by atoms with Crippen molar-refractivity contribution < 1.29 is 23.5 Å². The van der Waals surface area contributed by atoms with Crippen molar-refractivity contribution in [3.8, 4) is 0 Å². The lowest BCUT2D eigenvalue weighted by molar-refractivity contribution is -0.00623. The summed E-state index contributed by atoms with van der Waals surface area (Å²) in [6.45, 7) is 6.89. The van der Waals surface area contributed by atoms with Gasteiger partial charge in [0, 0.05) is 16.9 Å². The molecule has 2 amide bonds. The highest BCUT2D eigenvalue weighted by molar-refractivity contribution is 7.99. The molecule has 5 rings (SSSR count). The summed E-state index contributed by atoms with van der Waals surface area (Å²) >= 11 is 1.58. The number of carbonyl (C=O) groups is 2. The third-order valence-electron chi connectivity index (χ3n) is 7.57. The fourth-order valence-electron chi connectivity index (χ4n) is 5.57. The van der Waals surface area contributed by atoms with Gasteiger partial charge in [0.2, 0.25) is 0 Å². The van der Waals surface area contributed by atoms with Crippen molar-refractivity contribution in [2.75, 3.05) is 6.61 Å². The predicted octanol–water partition coefficient (Wildman–Crippen LogP) is 6.41. The Bertz CT molecular complexity index is 1440. The van der Waals surface area contributed by atoms with Crippen molar-refractivity contribution in [2.45, 2.75) is 54.8 Å². The Balaban J connectivity index is 1.40. The number of ether oxygens (including phenoxy) is 2. The molecule has 6 nitrogen and oxygen atoms in total. The summed E-state index contributed by atoms with van der Waals surface area (Å²) < 4.78 is 19.5. The standard InChI is InChI=1S/C35H37NO5SSi/c1-35(2,3)43(28-20-12-6-13-21-28,29-22-14-7-15-23-29)39-25-31-30(24-32(40-31)42-27-18-10-5-11-19-27)41-34(38)36-33(37)26-16-8-4-9-17-26/h4-23,30-32H,24-25H2,1-3H3,(H,36,37,38)/t30-,31+,32?/m0/s1. The van der Waals surface area contributed by atoms with Crippen LogP contribution in [0.5, 0.6) is 0 Å². The molecule has 1 aliphatic heterocycles. The van der Waals surface area contributed by atoms with Crippen LogP contribution in [0.25, 0.3) is 0 Å². The first-order valence-corrected chi connectivity index (χ1v) is 17.2. The molecule has 1 N–H and O–H groups in total. The summed E-state index contributed by atoms with van der Waals surface area (Å²) in [4.78, 5) is 26.6. The number of hydrogen-bond acceptors (Lipinski definition) is 6. The summed E-state index contributed by atoms with van der Waals surface area (Å²) in [5.74, 6) is -0.514. The normalized spacial score (nSPS) is 18.6. The average Bonchev–Trinajstić information content (AvgIpc) is 3.39. The van der Waals surface area contributed by atoms with Gasteiger partial charge in [-0.1, -0.05) is 130 Å². The second-order valence-electron chi connectivity index (χ2n) is 11.5. The molecule has 0 spiro atoms. The lowest BCUT2D eigenvalue weighted by Gasteiger charge is -2.43. The molecule has 3 atom stereocenters. The van der Waals surface area contributed by atoms with E-state index in [0.717, 1.165) is 15.3 Å². The number of rotatable bonds is 9. The van der Waals surface area contributed by atoms with Gasteiger partial charge in [-0.3, -0.25) is 10.1 Å². The van der Waals surface area contributed by atoms with E-state index in [1.165, 1.54) is 0 Å². The molecule has 0 radical (unpaired) electrons. The van der Waals surface area contributed by atoms with E-state index in [1.807, 2.05) is 72.8 Å². The van der Waals surface area contributed by atoms with Crippen LogP contribution in [0.1, 0.15) is 37.6 Å². The predicted molar refractivity (Wildman–Crippen MR) is 173 cm³/mol. The van der Waals surface area contributed by atoms with E-state index in [4.69, 9.17) is 13.9 Å². The molecule has 1 unspecified atom stereocenters. The molecule has 1 heterocycles. The number of nitrogens with one attached hydrogen (secondary N) is 1. The van der Waals surface area contributed by atoms with Crippen molar-refractivity contribution in [1.29, 1.82) is 0 Å². The molecule has 0 bridgehead atoms. The van der Waals surface area contributed by atoms with Gasteiger partial charge < -0.3 is 13.9 Å². The van der Waals surface area contributed by atoms with Crippen LogP contribution in [-0.4, -0.2) is 44.6 Å². The lowest BCUT2D eigenvalue weighted by Crippen LogP contribution is -2.67. The maximum atomic E-state index is 12.9. The van der Waals surface area contributed by atoms with E-state index >= 15 is 0 Å². The Hall–Kier alpha value is -3.69. The number of imide groups is 1. The molecule has 0 aromatic heterocycles. The van der Waals surface area contributed by atoms with Gasteiger partial charge in [0.05, 0.1) is 6.61 Å². The SMILES string of the molecule is CC(C)(C)[Si](OC[C@H]1OC(Sc2ccccc2)C[C@@H]1OC(=O)NC(=O)c1ccccc1)(c1ccccc1)c1ccccc1. The van der Waals surface area contributed by atoms with Crippen LogP contribution in [0.4, 0.5) is 4.79 Å². The third kappa shape index (κ3) is 7.28. The zero-order valence-corrected chi connectivity index (χ0v) is 26.5. The molecule has 222 valence electrons. The summed E-state index contributed by atoms with van der Waals surface area (Å²) in [5.41, 5.74) is 0.129. The highest BCUT2D eigenvalue weighted by atomic mass is 32.2. The first-order chi connectivity index (χ1) is 20.8. The van der Waals surface area contributed by atoms with E-state index < -0.39 is 32.5 Å². The van der Waals surface area contributed by atoms with E-state index in [9.17, 15) is 9.59 Å². The van der Waals surface area contributed by atoms with Crippen LogP contribution in [0.15, 0.2) is 126 Å². The van der Waals surface area contributed by atoms with Crippen molar-refractivity contribution >= 4 is 42.5 Å². The van der Waals surface area contributed by atoms with Gasteiger partial charge in [0.1, 0.15) is 17.6 Å². The van der Waals surface area contributed by atoms with Gasteiger partial charge in [0.15, 0.2) is 0 Å². The molecule has 8 heteroatoms. The highest BCUT2D eigenvalue weighted by Crippen LogP contribution is 2.39. The maximum Gasteiger partial charge on any atom is 0.414 e. The van der Waals surface area contributed by atoms with Crippen LogP contribution in [0.2, 0.25) is 5.04 Å². The molecule has 4 aromatic carbocycles. The number of amides is 2. The zero-order valence-electron chi connectivity index (χ0n) is 24.6. The van der Waals surface area contributed by atoms with Crippen molar-refractivity contribution in [1.82, 2.24) is 5.32 Å². The minimum Gasteiger partial charge on any atom is -0.443 e. The van der Waals surface area contributed by atoms with Gasteiger partial charge in [-0.2, -0.15) is 0 Å². The lowest BCUT2D eigenvalue weighted by atomic mass is 10.2. The van der Waals surface area contributed by atoms with Crippen LogP contribution >= 0.6 is 11.8 Å². The number of benzene rings is 4. The Morgan fingerprint density at radius 1 is 0.814 bits per heavy atom. The smallest absolute Gasteiger partial charge is 0.414 e. The maximum absolute atomic E-state index is 12.9. The zero-order chi connectivity index (χ0) is 30.3. The van der Waals surface area contributed by atoms with Crippen LogP contribution in [0.3, 0.4) is 0 Å². The molecular weight excluding hydrogens is 575 g/mol. The van der Waals surface area contributed by atoms with Gasteiger partial charge in [-0.15, -0.1) is 0 Å². The monoisotopic (exact) mass is 611 g/mol. The van der Waals surface area contributed by atoms with Crippen LogP contribution < -0.4 is 15.7 Å². The summed E-state index contributed by atoms with van der Waals surface area (Å²) in [6, 6.07) is 39.4. The topological polar surface area (TPSA) is 73.9 Å². The van der Waals surface area contributed by atoms with E-state index in [1.54, 1.807) is 36.0 Å². The number of carbonyl (C=O) groups excluding carboxylic acids is 2. The number of hydrogen-bond donors (Lipinski definition) is 1. The first-order valence-electron chi connectivity index (χ1n) is 14.5. The molecule has 0 aliphatic carbocycles. The van der Waals surface area contributed by atoms with E-state index in [0.29, 0.717) is 12.0 Å². The number of thioether (sulfide) groups is 1. The van der Waals surface area contributed by atoms with Gasteiger partial charge in [0.25, 0.3) is 14.2 Å². The van der Waals surface area contributed by atoms with Crippen molar-refractivity contribution in [3.05, 3.63) is 127 Å². The molecule has 1 aliphatic rings. The largest absolute Gasteiger partial charge is 0.443 e. The summed E-state index contributed by atoms with van der Waals surface area (Å²) in [5, 5.41) is 4.46. The molecule has 4 aromatic rings. The molecule has 1 fully saturated rings. The third-order valence-corrected chi connectivity index (χ3v) is 13.7. The second-order valence-corrected chi connectivity index (χ2v) is 17.0. The fourth-order valence-corrected chi connectivity index (χ4v) is 11.2. The fraction of sp³-hybridized carbons (Fsp3) is 0.257. The Kier molecular flexibility index (Phi) is 9.82. The first kappa shape index (κ1) is 30.8. The second kappa shape index (κ2) is 13.7. The van der Waals surface area contributed by atoms with Crippen molar-refractivity contribution in [2.24, 2.45) is 0 Å². The van der Waals surface area contributed by atoms with Gasteiger partial charge in [-0.05, 0) is 39.7 Å². The molecule has 0 saturated carbocycles. The Labute approximate surface area is 258 Å². The Morgan fingerprint density at radius 3 is 1.86 bits per heavy atom. The molecule has 43 heavy (non-hydrogen) atoms. The summed E-state index contributed by atoms with van der Waals surface area (Å²) in [7, 11) is -2.85. The van der Waals surface area contributed by atoms with Crippen LogP contribution in [-0.2, 0) is 13.9 Å². The van der Waals surface area contributed by atoms with Gasteiger partial charge in [-0.25, -0.2) is 4.79 Å². The van der Waals surface area contributed by atoms with E-state index in [2.05, 4.69) is 50.4 Å². The Morgan fingerprint density at radius 2 is 1.33 bits per heavy atom. The minimum absolute atomic E-state index is 0.220. The van der Waals surface area contributed by atoms with E-state index in [-0.39, 0.29) is 17.1 Å². The highest BCUT2D eigenvalue weighted by Gasteiger charge is 2.51. The molecule has 1 saturated heterocycles. The number of alkyl carbamates (subject to hydrolysis) is 1. The minimum atomic E-state index is -2.85. The quantitative estimate of drug-likeness (QED) is 0.221. The van der Waals surface area contributed by atoms with Crippen molar-refractivity contribution in [3.63, 3.8) is 0 Å². The van der Waals surface area contributed by atoms with Crippen LogP contribution in [0, 0.1) is 0 Å². The average molecular weight is 612 g/mol. The summed E-state index contributed by atoms with van der Waals surface area (Å²) in [6.07, 6.45) is -1.48. The van der Waals surface area contributed by atoms with Gasteiger partial charge >= 0.3 is 6.09 Å². The molecular formula is C35H37NO5SSi.